The number of benzene rings is 1. The first-order valence-electron chi connectivity index (χ1n) is 3.44. The number of anilines is 1. The number of nitrogen functional groups attached to an aromatic ring is 1. The van der Waals surface area contributed by atoms with Gasteiger partial charge in [0, 0.05) is 5.69 Å². The van der Waals surface area contributed by atoms with Gasteiger partial charge in [0.15, 0.2) is 0 Å². The number of hydrogen-bond acceptors (Lipinski definition) is 2. The summed E-state index contributed by atoms with van der Waals surface area (Å²) in [6, 6.07) is 7.48. The average Bonchev–Trinajstić information content (AvgIpc) is 2.04. The number of rotatable bonds is 3. The molecule has 2 nitrogen and oxygen atoms in total. The van der Waals surface area contributed by atoms with Gasteiger partial charge in [0.1, 0.15) is 0 Å². The lowest BCUT2D eigenvalue weighted by atomic mass is 9.74. The van der Waals surface area contributed by atoms with Crippen LogP contribution in [0.4, 0.5) is 5.69 Å². The van der Waals surface area contributed by atoms with Crippen molar-refractivity contribution in [2.75, 3.05) is 5.73 Å². The zero-order chi connectivity index (χ0) is 8.10. The van der Waals surface area contributed by atoms with E-state index in [4.69, 9.17) is 5.73 Å². The maximum atomic E-state index is 9.96. The first-order chi connectivity index (χ1) is 5.33. The Kier molecular flexibility index (Phi) is 2.72. The molecule has 0 aliphatic carbocycles. The van der Waals surface area contributed by atoms with Crippen LogP contribution in [-0.2, 0) is 11.1 Å². The lowest BCUT2D eigenvalue weighted by molar-refractivity contribution is 0.568. The van der Waals surface area contributed by atoms with Crippen molar-refractivity contribution >= 4 is 19.2 Å². The number of nitrogens with two attached hydrogens (primary N) is 1. The minimum atomic E-state index is 0.684. The molecule has 0 atom stereocenters. The Hall–Kier alpha value is -1.25. The van der Waals surface area contributed by atoms with E-state index in [2.05, 4.69) is 0 Å². The SMILES string of the molecule is Nc1ccc(C[B]C=O)cc1. The van der Waals surface area contributed by atoms with Gasteiger partial charge in [-0.15, -0.1) is 0 Å². The van der Waals surface area contributed by atoms with E-state index in [0.29, 0.717) is 6.32 Å². The van der Waals surface area contributed by atoms with E-state index in [1.165, 1.54) is 0 Å². The quantitative estimate of drug-likeness (QED) is 0.386. The Morgan fingerprint density at radius 3 is 2.55 bits per heavy atom. The fourth-order valence-electron chi connectivity index (χ4n) is 0.838. The molecule has 2 N–H and O–H groups in total. The largest absolute Gasteiger partial charge is 0.399 e. The van der Waals surface area contributed by atoms with E-state index < -0.39 is 0 Å². The van der Waals surface area contributed by atoms with Gasteiger partial charge in [-0.2, -0.15) is 0 Å². The van der Waals surface area contributed by atoms with E-state index in [0.717, 1.165) is 17.4 Å². The molecular weight excluding hydrogens is 137 g/mol. The monoisotopic (exact) mass is 146 g/mol. The molecule has 0 saturated heterocycles. The van der Waals surface area contributed by atoms with Crippen LogP contribution in [0.15, 0.2) is 24.3 Å². The van der Waals surface area contributed by atoms with Crippen molar-refractivity contribution < 1.29 is 4.79 Å². The van der Waals surface area contributed by atoms with Crippen LogP contribution in [-0.4, -0.2) is 13.5 Å². The summed E-state index contributed by atoms with van der Waals surface area (Å²) in [5.74, 6) is 0. The van der Waals surface area contributed by atoms with E-state index in [9.17, 15) is 4.79 Å². The summed E-state index contributed by atoms with van der Waals surface area (Å²) in [6.45, 7) is 0. The van der Waals surface area contributed by atoms with Gasteiger partial charge in [0.2, 0.25) is 7.28 Å². The molecule has 0 heterocycles. The van der Waals surface area contributed by atoms with Crippen LogP contribution in [0.3, 0.4) is 0 Å². The molecule has 0 spiro atoms. The lowest BCUT2D eigenvalue weighted by Crippen LogP contribution is -1.97. The highest BCUT2D eigenvalue weighted by Crippen LogP contribution is 2.04. The summed E-state index contributed by atoms with van der Waals surface area (Å²) in [6.07, 6.45) is 1.49. The van der Waals surface area contributed by atoms with Crippen LogP contribution in [0.2, 0.25) is 0 Å². The van der Waals surface area contributed by atoms with Crippen LogP contribution >= 0.6 is 0 Å². The van der Waals surface area contributed by atoms with Gasteiger partial charge >= 0.3 is 0 Å². The smallest absolute Gasteiger partial charge is 0.202 e. The molecule has 0 amide bonds. The summed E-state index contributed by atoms with van der Waals surface area (Å²) in [5, 5.41) is 0. The highest BCUT2D eigenvalue weighted by molar-refractivity contribution is 6.66. The van der Waals surface area contributed by atoms with Gasteiger partial charge in [-0.05, 0) is 18.5 Å². The standard InChI is InChI=1S/C8H9BNO/c10-8-3-1-7(2-4-8)5-9-6-11/h1-4,6H,5,10H2. The summed E-state index contributed by atoms with van der Waals surface area (Å²) in [5.41, 5.74) is 7.33. The van der Waals surface area contributed by atoms with Gasteiger partial charge in [-0.3, -0.25) is 0 Å². The summed E-state index contributed by atoms with van der Waals surface area (Å²) >= 11 is 0. The fraction of sp³-hybridized carbons (Fsp3) is 0.125. The second-order valence-corrected chi connectivity index (χ2v) is 2.32. The van der Waals surface area contributed by atoms with Crippen LogP contribution in [0.25, 0.3) is 0 Å². The van der Waals surface area contributed by atoms with E-state index >= 15 is 0 Å². The first kappa shape index (κ1) is 7.86. The van der Waals surface area contributed by atoms with Crippen molar-refractivity contribution in [3.63, 3.8) is 0 Å². The van der Waals surface area contributed by atoms with Crippen LogP contribution in [0.1, 0.15) is 5.56 Å². The molecule has 0 aliphatic heterocycles. The molecule has 0 unspecified atom stereocenters. The molecule has 1 aromatic carbocycles. The van der Waals surface area contributed by atoms with Crippen LogP contribution < -0.4 is 5.73 Å². The Bertz CT molecular complexity index is 232. The molecule has 0 aliphatic rings. The molecule has 0 bridgehead atoms. The second kappa shape index (κ2) is 3.81. The van der Waals surface area contributed by atoms with Crippen LogP contribution in [0.5, 0.6) is 0 Å². The van der Waals surface area contributed by atoms with Crippen molar-refractivity contribution in [3.8, 4) is 0 Å². The molecular formula is C8H9BNO. The maximum absolute atomic E-state index is 9.96. The predicted octanol–water partition coefficient (Wildman–Crippen LogP) is 0.663. The lowest BCUT2D eigenvalue weighted by Gasteiger charge is -1.96. The minimum absolute atomic E-state index is 0.684. The van der Waals surface area contributed by atoms with E-state index in [-0.39, 0.29) is 0 Å². The minimum Gasteiger partial charge on any atom is -0.399 e. The molecule has 11 heavy (non-hydrogen) atoms. The second-order valence-electron chi connectivity index (χ2n) is 2.32. The first-order valence-corrected chi connectivity index (χ1v) is 3.44. The fourth-order valence-corrected chi connectivity index (χ4v) is 0.838. The van der Waals surface area contributed by atoms with Gasteiger partial charge in [0.05, 0.1) is 6.19 Å². The van der Waals surface area contributed by atoms with Gasteiger partial charge in [-0.25, -0.2) is 0 Å². The molecule has 1 aromatic rings. The van der Waals surface area contributed by atoms with Crippen molar-refractivity contribution in [3.05, 3.63) is 29.8 Å². The van der Waals surface area contributed by atoms with Crippen LogP contribution in [0, 0.1) is 0 Å². The number of hydrogen-bond donors (Lipinski definition) is 1. The third kappa shape index (κ3) is 2.46. The molecule has 0 aromatic heterocycles. The summed E-state index contributed by atoms with van der Waals surface area (Å²) < 4.78 is 0. The zero-order valence-corrected chi connectivity index (χ0v) is 6.16. The van der Waals surface area contributed by atoms with Gasteiger partial charge in [0.25, 0.3) is 0 Å². The third-order valence-electron chi connectivity index (χ3n) is 1.43. The summed E-state index contributed by atoms with van der Waals surface area (Å²) in [7, 11) is 1.57. The highest BCUT2D eigenvalue weighted by atomic mass is 16.1. The Balaban J connectivity index is 2.58. The predicted molar refractivity (Wildman–Crippen MR) is 47.1 cm³/mol. The molecule has 0 fully saturated rings. The van der Waals surface area contributed by atoms with Crippen molar-refractivity contribution in [2.24, 2.45) is 0 Å². The average molecular weight is 146 g/mol. The molecule has 1 radical (unpaired) electrons. The Labute approximate surface area is 66.6 Å². The Morgan fingerprint density at radius 2 is 2.00 bits per heavy atom. The molecule has 1 rings (SSSR count). The van der Waals surface area contributed by atoms with Crippen molar-refractivity contribution in [1.82, 2.24) is 0 Å². The maximum Gasteiger partial charge on any atom is 0.202 e. The van der Waals surface area contributed by atoms with Crippen molar-refractivity contribution in [1.29, 1.82) is 0 Å². The number of carbonyl (C=O) groups is 1. The molecule has 3 heteroatoms. The summed E-state index contributed by atoms with van der Waals surface area (Å²) in [4.78, 5) is 9.96. The zero-order valence-electron chi connectivity index (χ0n) is 6.16. The van der Waals surface area contributed by atoms with E-state index in [1.807, 2.05) is 24.3 Å². The van der Waals surface area contributed by atoms with Crippen molar-refractivity contribution in [2.45, 2.75) is 6.32 Å². The highest BCUT2D eigenvalue weighted by Gasteiger charge is 1.92. The van der Waals surface area contributed by atoms with E-state index in [1.54, 1.807) is 7.28 Å². The molecule has 0 saturated carbocycles. The Morgan fingerprint density at radius 1 is 1.36 bits per heavy atom. The number of carbonyl (C=O) groups excluding carboxylic acids is 1. The third-order valence-corrected chi connectivity index (χ3v) is 1.43. The van der Waals surface area contributed by atoms with Gasteiger partial charge in [-0.1, -0.05) is 17.7 Å². The van der Waals surface area contributed by atoms with Gasteiger partial charge < -0.3 is 10.5 Å². The topological polar surface area (TPSA) is 43.1 Å². The normalized spacial score (nSPS) is 9.09. The molecule has 55 valence electrons.